The SMILES string of the molecule is CN1CCC(CN(C)C2CCC(C)(C)C2O)CC1. The number of nitrogens with zero attached hydrogens (tertiary/aromatic N) is 2. The van der Waals surface area contributed by atoms with Crippen molar-refractivity contribution in [3.05, 3.63) is 0 Å². The Kier molecular flexibility index (Phi) is 4.35. The molecule has 2 fully saturated rings. The molecule has 1 heterocycles. The van der Waals surface area contributed by atoms with Crippen molar-refractivity contribution in [1.29, 1.82) is 0 Å². The van der Waals surface area contributed by atoms with Crippen LogP contribution in [0.3, 0.4) is 0 Å². The van der Waals surface area contributed by atoms with Crippen LogP contribution < -0.4 is 0 Å². The van der Waals surface area contributed by atoms with Gasteiger partial charge in [-0.15, -0.1) is 0 Å². The van der Waals surface area contributed by atoms with E-state index in [-0.39, 0.29) is 11.5 Å². The first-order valence-corrected chi connectivity index (χ1v) is 7.47. The molecular weight excluding hydrogens is 224 g/mol. The molecule has 18 heavy (non-hydrogen) atoms. The number of aliphatic hydroxyl groups excluding tert-OH is 1. The van der Waals surface area contributed by atoms with Crippen molar-refractivity contribution in [1.82, 2.24) is 9.80 Å². The Labute approximate surface area is 112 Å². The van der Waals surface area contributed by atoms with Crippen LogP contribution in [0.15, 0.2) is 0 Å². The largest absolute Gasteiger partial charge is 0.391 e. The van der Waals surface area contributed by atoms with Gasteiger partial charge in [0.05, 0.1) is 6.10 Å². The number of hydrogen-bond acceptors (Lipinski definition) is 3. The van der Waals surface area contributed by atoms with Crippen LogP contribution >= 0.6 is 0 Å². The number of likely N-dealkylation sites (tertiary alicyclic amines) is 1. The summed E-state index contributed by atoms with van der Waals surface area (Å²) in [4.78, 5) is 4.85. The van der Waals surface area contributed by atoms with Crippen LogP contribution in [0.5, 0.6) is 0 Å². The molecule has 0 aromatic rings. The van der Waals surface area contributed by atoms with Gasteiger partial charge in [-0.3, -0.25) is 0 Å². The van der Waals surface area contributed by atoms with Crippen molar-refractivity contribution in [3.8, 4) is 0 Å². The van der Waals surface area contributed by atoms with Crippen molar-refractivity contribution in [3.63, 3.8) is 0 Å². The van der Waals surface area contributed by atoms with Crippen LogP contribution in [0.25, 0.3) is 0 Å². The fourth-order valence-electron chi connectivity index (χ4n) is 3.60. The predicted molar refractivity (Wildman–Crippen MR) is 75.7 cm³/mol. The molecule has 2 unspecified atom stereocenters. The summed E-state index contributed by atoms with van der Waals surface area (Å²) < 4.78 is 0. The van der Waals surface area contributed by atoms with Gasteiger partial charge in [-0.05, 0) is 64.2 Å². The predicted octanol–water partition coefficient (Wildman–Crippen LogP) is 1.81. The topological polar surface area (TPSA) is 26.7 Å². The van der Waals surface area contributed by atoms with E-state index in [1.807, 2.05) is 0 Å². The fourth-order valence-corrected chi connectivity index (χ4v) is 3.60. The standard InChI is InChI=1S/C15H30N2O/c1-15(2)8-5-13(14(15)18)17(4)11-12-6-9-16(3)10-7-12/h12-14,18H,5-11H2,1-4H3. The molecule has 0 aromatic carbocycles. The van der Waals surface area contributed by atoms with E-state index in [0.717, 1.165) is 25.3 Å². The van der Waals surface area contributed by atoms with E-state index < -0.39 is 0 Å². The van der Waals surface area contributed by atoms with Gasteiger partial charge in [-0.2, -0.15) is 0 Å². The Balaban J connectivity index is 1.83. The van der Waals surface area contributed by atoms with Gasteiger partial charge in [0.15, 0.2) is 0 Å². The minimum atomic E-state index is -0.159. The minimum Gasteiger partial charge on any atom is -0.391 e. The molecule has 2 atom stereocenters. The highest BCUT2D eigenvalue weighted by Gasteiger charge is 2.42. The van der Waals surface area contributed by atoms with Gasteiger partial charge in [0.25, 0.3) is 0 Å². The molecule has 0 bridgehead atoms. The molecular formula is C15H30N2O. The molecule has 1 aliphatic heterocycles. The molecule has 106 valence electrons. The first-order chi connectivity index (χ1) is 8.40. The van der Waals surface area contributed by atoms with Crippen molar-refractivity contribution < 1.29 is 5.11 Å². The van der Waals surface area contributed by atoms with Crippen molar-refractivity contribution >= 4 is 0 Å². The van der Waals surface area contributed by atoms with Gasteiger partial charge in [-0.25, -0.2) is 0 Å². The van der Waals surface area contributed by atoms with Crippen molar-refractivity contribution in [2.24, 2.45) is 11.3 Å². The maximum absolute atomic E-state index is 10.4. The molecule has 2 rings (SSSR count). The second kappa shape index (κ2) is 5.48. The molecule has 0 radical (unpaired) electrons. The molecule has 1 aliphatic carbocycles. The number of aliphatic hydroxyl groups is 1. The van der Waals surface area contributed by atoms with Crippen LogP contribution in [0.4, 0.5) is 0 Å². The van der Waals surface area contributed by atoms with Crippen LogP contribution in [0, 0.1) is 11.3 Å². The Morgan fingerprint density at radius 1 is 1.22 bits per heavy atom. The molecule has 1 saturated heterocycles. The molecule has 3 nitrogen and oxygen atoms in total. The van der Waals surface area contributed by atoms with Gasteiger partial charge < -0.3 is 14.9 Å². The number of piperidine rings is 1. The van der Waals surface area contributed by atoms with Gasteiger partial charge in [0.1, 0.15) is 0 Å². The van der Waals surface area contributed by atoms with Gasteiger partial charge in [0, 0.05) is 12.6 Å². The maximum Gasteiger partial charge on any atom is 0.0746 e. The highest BCUT2D eigenvalue weighted by Crippen LogP contribution is 2.39. The van der Waals surface area contributed by atoms with E-state index in [9.17, 15) is 5.11 Å². The van der Waals surface area contributed by atoms with E-state index in [4.69, 9.17) is 0 Å². The number of likely N-dealkylation sites (N-methyl/N-ethyl adjacent to an activating group) is 1. The van der Waals surface area contributed by atoms with E-state index in [0.29, 0.717) is 6.04 Å². The summed E-state index contributed by atoms with van der Waals surface area (Å²) in [6.45, 7) is 8.02. The summed E-state index contributed by atoms with van der Waals surface area (Å²) >= 11 is 0. The first kappa shape index (κ1) is 14.3. The third kappa shape index (κ3) is 3.06. The Morgan fingerprint density at radius 2 is 1.83 bits per heavy atom. The molecule has 1 saturated carbocycles. The minimum absolute atomic E-state index is 0.103. The van der Waals surface area contributed by atoms with E-state index >= 15 is 0 Å². The smallest absolute Gasteiger partial charge is 0.0746 e. The van der Waals surface area contributed by atoms with E-state index in [2.05, 4.69) is 37.7 Å². The quantitative estimate of drug-likeness (QED) is 0.832. The maximum atomic E-state index is 10.4. The molecule has 1 N–H and O–H groups in total. The van der Waals surface area contributed by atoms with Crippen LogP contribution in [-0.2, 0) is 0 Å². The molecule has 0 spiro atoms. The second-order valence-corrected chi connectivity index (χ2v) is 7.23. The van der Waals surface area contributed by atoms with Crippen molar-refractivity contribution in [2.75, 3.05) is 33.7 Å². The summed E-state index contributed by atoms with van der Waals surface area (Å²) in [5, 5.41) is 10.4. The third-order valence-corrected chi connectivity index (χ3v) is 5.20. The average Bonchev–Trinajstić information content (AvgIpc) is 2.58. The van der Waals surface area contributed by atoms with Crippen molar-refractivity contribution in [2.45, 2.75) is 51.7 Å². The highest BCUT2D eigenvalue weighted by atomic mass is 16.3. The summed E-state index contributed by atoms with van der Waals surface area (Å²) in [6, 6.07) is 0.375. The van der Waals surface area contributed by atoms with Crippen LogP contribution in [-0.4, -0.2) is 60.8 Å². The third-order valence-electron chi connectivity index (χ3n) is 5.20. The lowest BCUT2D eigenvalue weighted by molar-refractivity contribution is 0.0157. The Morgan fingerprint density at radius 3 is 2.33 bits per heavy atom. The molecule has 0 amide bonds. The zero-order chi connectivity index (χ0) is 13.3. The summed E-state index contributed by atoms with van der Waals surface area (Å²) in [5.74, 6) is 0.821. The van der Waals surface area contributed by atoms with E-state index in [1.54, 1.807) is 0 Å². The van der Waals surface area contributed by atoms with Crippen LogP contribution in [0.2, 0.25) is 0 Å². The lowest BCUT2D eigenvalue weighted by Crippen LogP contribution is -2.45. The highest BCUT2D eigenvalue weighted by molar-refractivity contribution is 4.96. The first-order valence-electron chi connectivity index (χ1n) is 7.47. The monoisotopic (exact) mass is 254 g/mol. The summed E-state index contributed by atoms with van der Waals surface area (Å²) in [6.07, 6.45) is 4.77. The zero-order valence-corrected chi connectivity index (χ0v) is 12.5. The average molecular weight is 254 g/mol. The second-order valence-electron chi connectivity index (χ2n) is 7.23. The van der Waals surface area contributed by atoms with Gasteiger partial charge >= 0.3 is 0 Å². The zero-order valence-electron chi connectivity index (χ0n) is 12.5. The Hall–Kier alpha value is -0.120. The van der Waals surface area contributed by atoms with Gasteiger partial charge in [-0.1, -0.05) is 13.8 Å². The summed E-state index contributed by atoms with van der Waals surface area (Å²) in [5.41, 5.74) is 0.103. The van der Waals surface area contributed by atoms with E-state index in [1.165, 1.54) is 25.9 Å². The lowest BCUT2D eigenvalue weighted by atomic mass is 9.88. The Bertz CT molecular complexity index is 272. The lowest BCUT2D eigenvalue weighted by Gasteiger charge is -2.36. The molecule has 2 aliphatic rings. The normalized spacial score (nSPS) is 34.3. The number of rotatable bonds is 3. The van der Waals surface area contributed by atoms with Gasteiger partial charge in [0.2, 0.25) is 0 Å². The molecule has 0 aromatic heterocycles. The summed E-state index contributed by atoms with van der Waals surface area (Å²) in [7, 11) is 4.41. The molecule has 3 heteroatoms. The fraction of sp³-hybridized carbons (Fsp3) is 1.00. The van der Waals surface area contributed by atoms with Crippen LogP contribution in [0.1, 0.15) is 39.5 Å². The number of hydrogen-bond donors (Lipinski definition) is 1.